The van der Waals surface area contributed by atoms with Gasteiger partial charge >= 0.3 is 11.9 Å². The predicted molar refractivity (Wildman–Crippen MR) is 131 cm³/mol. The molecule has 0 aromatic heterocycles. The molecule has 10 N–H and O–H groups in total. The Morgan fingerprint density at radius 3 is 2.26 bits per heavy atom. The summed E-state index contributed by atoms with van der Waals surface area (Å²) in [5.41, 5.74) is 29.0. The first-order valence-corrected chi connectivity index (χ1v) is 10.6. The summed E-state index contributed by atoms with van der Waals surface area (Å²) in [5.74, 6) is -1.34. The number of nitrogens with zero attached hydrogens (tertiary/aromatic N) is 2. The smallest absolute Gasteiger partial charge is 0.376 e. The van der Waals surface area contributed by atoms with Crippen LogP contribution < -0.4 is 28.7 Å². The third kappa shape index (κ3) is 14.5. The van der Waals surface area contributed by atoms with Crippen molar-refractivity contribution in [3.8, 4) is 0 Å². The molecule has 34 heavy (non-hydrogen) atoms. The second kappa shape index (κ2) is 17.0. The molecule has 1 unspecified atom stereocenters. The number of rotatable bonds is 12. The monoisotopic (exact) mass is 479 g/mol. The van der Waals surface area contributed by atoms with Gasteiger partial charge in [-0.3, -0.25) is 14.6 Å². The average Bonchev–Trinajstić information content (AvgIpc) is 2.77. The summed E-state index contributed by atoms with van der Waals surface area (Å²) in [7, 11) is 2.50. The molecule has 0 saturated carbocycles. The van der Waals surface area contributed by atoms with E-state index < -0.39 is 17.8 Å². The van der Waals surface area contributed by atoms with Crippen LogP contribution in [0.25, 0.3) is 0 Å². The van der Waals surface area contributed by atoms with E-state index in [0.29, 0.717) is 30.9 Å². The number of unbranched alkanes of at least 4 members (excludes halogenated alkanes) is 1. The fourth-order valence-electron chi connectivity index (χ4n) is 2.69. The molecule has 1 rings (SSSR count). The zero-order valence-corrected chi connectivity index (χ0v) is 20.0. The van der Waals surface area contributed by atoms with Crippen LogP contribution in [0.2, 0.25) is 0 Å². The molecule has 12 nitrogen and oxygen atoms in total. The van der Waals surface area contributed by atoms with E-state index in [9.17, 15) is 14.4 Å². The maximum absolute atomic E-state index is 11.2. The zero-order valence-electron chi connectivity index (χ0n) is 20.0. The van der Waals surface area contributed by atoms with Gasteiger partial charge in [-0.15, -0.1) is 0 Å². The number of Topliss-reactive ketones (excluding diaryl/α,β-unsaturated/α-hetero) is 1. The van der Waals surface area contributed by atoms with Crippen LogP contribution in [0.4, 0.5) is 5.69 Å². The molecule has 0 heterocycles. The number of benzene rings is 1. The van der Waals surface area contributed by atoms with Gasteiger partial charge in [-0.25, -0.2) is 9.79 Å². The van der Waals surface area contributed by atoms with Gasteiger partial charge in [0.05, 0.1) is 38.2 Å². The van der Waals surface area contributed by atoms with Crippen LogP contribution in [-0.4, -0.2) is 62.4 Å². The third-order valence-electron chi connectivity index (χ3n) is 4.33. The number of amidine groups is 1. The van der Waals surface area contributed by atoms with E-state index in [1.165, 1.54) is 7.11 Å². The number of hydrogen-bond acceptors (Lipinski definition) is 9. The molecule has 0 aliphatic rings. The molecule has 2 atom stereocenters. The number of hydrogen-bond donors (Lipinski definition) is 5. The Balaban J connectivity index is 0.000000646. The number of nitrogens with two attached hydrogens (primary N) is 5. The summed E-state index contributed by atoms with van der Waals surface area (Å²) >= 11 is 0. The Bertz CT molecular complexity index is 850. The van der Waals surface area contributed by atoms with Crippen LogP contribution in [0.3, 0.4) is 0 Å². The van der Waals surface area contributed by atoms with Crippen LogP contribution in [0, 0.1) is 0 Å². The van der Waals surface area contributed by atoms with Gasteiger partial charge in [-0.05, 0) is 50.3 Å². The summed E-state index contributed by atoms with van der Waals surface area (Å²) in [4.78, 5) is 41.0. The Kier molecular flexibility index (Phi) is 15.3. The van der Waals surface area contributed by atoms with Crippen molar-refractivity contribution >= 4 is 35.2 Å². The normalized spacial score (nSPS) is 12.4. The van der Waals surface area contributed by atoms with Gasteiger partial charge in [0.1, 0.15) is 0 Å². The van der Waals surface area contributed by atoms with Crippen LogP contribution in [-0.2, 0) is 30.3 Å². The van der Waals surface area contributed by atoms with Gasteiger partial charge in [0.15, 0.2) is 5.96 Å². The maximum atomic E-state index is 11.2. The largest absolute Gasteiger partial charge is 0.469 e. The molecule has 0 aliphatic carbocycles. The first-order chi connectivity index (χ1) is 16.0. The Morgan fingerprint density at radius 2 is 1.71 bits per heavy atom. The van der Waals surface area contributed by atoms with Crippen molar-refractivity contribution in [3.05, 3.63) is 29.8 Å². The lowest BCUT2D eigenvalue weighted by Crippen LogP contribution is -2.36. The minimum Gasteiger partial charge on any atom is -0.469 e. The number of aliphatic imine (C=N–C) groups is 2. The lowest BCUT2D eigenvalue weighted by atomic mass is 10.0. The van der Waals surface area contributed by atoms with Gasteiger partial charge in [-0.2, -0.15) is 0 Å². The second-order valence-electron chi connectivity index (χ2n) is 7.43. The molecule has 0 radical (unpaired) electrons. The van der Waals surface area contributed by atoms with Crippen molar-refractivity contribution in [1.82, 2.24) is 0 Å². The van der Waals surface area contributed by atoms with Crippen molar-refractivity contribution in [1.29, 1.82) is 0 Å². The summed E-state index contributed by atoms with van der Waals surface area (Å²) in [5, 5.41) is 0. The first kappa shape index (κ1) is 30.5. The van der Waals surface area contributed by atoms with E-state index in [0.717, 1.165) is 25.5 Å². The number of ketones is 1. The van der Waals surface area contributed by atoms with Crippen molar-refractivity contribution in [2.24, 2.45) is 38.7 Å². The number of methoxy groups -OCH3 is 2. The molecule has 190 valence electrons. The Labute approximate surface area is 199 Å². The van der Waals surface area contributed by atoms with E-state index >= 15 is 0 Å². The lowest BCUT2D eigenvalue weighted by Gasteiger charge is -2.10. The topological polar surface area (TPSA) is 224 Å². The SMILES string of the molecule is COC(=O)C(=O)[C@@H](N)CCCCN=C(C)N.COC(=O)CC(N)Cc1cccc(N=C(N)N)c1. The standard InChI is InChI=1S/C12H18N4O2.C10H19N3O3/c1-18-11(17)7-9(13)5-8-3-2-4-10(6-8)16-12(14)15;1-7(11)13-6-4-3-5-8(12)9(14)10(15)16-2/h2-4,6,9H,5,7,13H2,1H3,(H4,14,15,16);8H,3-6,12H2,1-2H3,(H2,11,13)/t;8-/m.0/s1. The summed E-state index contributed by atoms with van der Waals surface area (Å²) in [6.45, 7) is 2.33. The Morgan fingerprint density at radius 1 is 1.03 bits per heavy atom. The minimum atomic E-state index is -0.886. The molecule has 12 heteroatoms. The van der Waals surface area contributed by atoms with Gasteiger partial charge < -0.3 is 38.1 Å². The van der Waals surface area contributed by atoms with E-state index in [2.05, 4.69) is 19.5 Å². The quantitative estimate of drug-likeness (QED) is 0.0858. The van der Waals surface area contributed by atoms with Crippen molar-refractivity contribution < 1.29 is 23.9 Å². The maximum Gasteiger partial charge on any atom is 0.376 e. The zero-order chi connectivity index (χ0) is 26.1. The van der Waals surface area contributed by atoms with Crippen LogP contribution in [0.5, 0.6) is 0 Å². The molecule has 0 fully saturated rings. The number of carbonyl (C=O) groups is 3. The first-order valence-electron chi connectivity index (χ1n) is 10.6. The lowest BCUT2D eigenvalue weighted by molar-refractivity contribution is -0.152. The highest BCUT2D eigenvalue weighted by Gasteiger charge is 2.21. The van der Waals surface area contributed by atoms with Gasteiger partial charge in [0.2, 0.25) is 0 Å². The number of guanidine groups is 1. The molecule has 1 aromatic carbocycles. The summed E-state index contributed by atoms with van der Waals surface area (Å²) < 4.78 is 8.85. The molecule has 1 aromatic rings. The molecule has 0 aliphatic heterocycles. The highest BCUT2D eigenvalue weighted by molar-refractivity contribution is 6.35. The van der Waals surface area contributed by atoms with Gasteiger partial charge in [-0.1, -0.05) is 12.1 Å². The van der Waals surface area contributed by atoms with Gasteiger partial charge in [0, 0.05) is 12.6 Å². The number of ether oxygens (including phenoxy) is 2. The molecule has 0 bridgehead atoms. The molecule has 0 amide bonds. The van der Waals surface area contributed by atoms with E-state index in [1.807, 2.05) is 18.2 Å². The molecule has 0 spiro atoms. The number of esters is 2. The van der Waals surface area contributed by atoms with E-state index in [1.54, 1.807) is 13.0 Å². The van der Waals surface area contributed by atoms with Crippen molar-refractivity contribution in [2.45, 2.75) is 51.1 Å². The Hall–Kier alpha value is -3.51. The van der Waals surface area contributed by atoms with Crippen LogP contribution in [0.15, 0.2) is 34.3 Å². The highest BCUT2D eigenvalue weighted by Crippen LogP contribution is 2.15. The van der Waals surface area contributed by atoms with Crippen LogP contribution >= 0.6 is 0 Å². The molecular formula is C22H37N7O5. The van der Waals surface area contributed by atoms with Gasteiger partial charge in [0.25, 0.3) is 5.78 Å². The minimum absolute atomic E-state index is 0.00556. The second-order valence-corrected chi connectivity index (χ2v) is 7.43. The van der Waals surface area contributed by atoms with Crippen molar-refractivity contribution in [3.63, 3.8) is 0 Å². The molecule has 0 saturated heterocycles. The summed E-state index contributed by atoms with van der Waals surface area (Å²) in [6, 6.07) is 6.29. The van der Waals surface area contributed by atoms with E-state index in [4.69, 9.17) is 28.7 Å². The number of carbonyl (C=O) groups excluding carboxylic acids is 3. The fourth-order valence-corrected chi connectivity index (χ4v) is 2.69. The highest BCUT2D eigenvalue weighted by atomic mass is 16.5. The predicted octanol–water partition coefficient (Wildman–Crippen LogP) is -0.372. The average molecular weight is 480 g/mol. The fraction of sp³-hybridized carbons (Fsp3) is 0.500. The third-order valence-corrected chi connectivity index (χ3v) is 4.33. The summed E-state index contributed by atoms with van der Waals surface area (Å²) in [6.07, 6.45) is 2.70. The van der Waals surface area contributed by atoms with Crippen molar-refractivity contribution in [2.75, 3.05) is 20.8 Å². The van der Waals surface area contributed by atoms with E-state index in [-0.39, 0.29) is 24.4 Å². The van der Waals surface area contributed by atoms with Crippen LogP contribution in [0.1, 0.15) is 38.2 Å². The molecular weight excluding hydrogens is 442 g/mol.